The lowest BCUT2D eigenvalue weighted by molar-refractivity contribution is -0.137. The molecule has 4 aliphatic heterocycles. The van der Waals surface area contributed by atoms with E-state index in [1.54, 1.807) is 0 Å². The Kier molecular flexibility index (Phi) is 6.32. The molecule has 2 aromatic heterocycles. The predicted octanol–water partition coefficient (Wildman–Crippen LogP) is 3.50. The first-order chi connectivity index (χ1) is 19.6. The standard InChI is InChI=1S/C27H29ClF3N7O3/c28-19-9-17(39)10-20(21(19)27(29,30)31)38-24(40)22-18(11-32-38)23(36-12-15-3-4-16(13-36)33-15)35-25(34-22)41-14-26-5-1-7-37(26)8-2-6-26/h9-11,15-16,33,39H,1-8,12-14H2/t15-,16+. The number of phenolic OH excluding ortho intramolecular Hbond substituents is 1. The summed E-state index contributed by atoms with van der Waals surface area (Å²) < 4.78 is 48.8. The van der Waals surface area contributed by atoms with Crippen LogP contribution in [0.2, 0.25) is 5.02 Å². The molecule has 2 bridgehead atoms. The van der Waals surface area contributed by atoms with Gasteiger partial charge in [-0.1, -0.05) is 11.6 Å². The molecule has 4 aliphatic rings. The molecule has 14 heteroatoms. The summed E-state index contributed by atoms with van der Waals surface area (Å²) >= 11 is 5.89. The molecule has 2 atom stereocenters. The SMILES string of the molecule is O=c1c2nc(OCC34CCCN3CCC4)nc(N3C[C@H]4CC[C@@H](C3)N4)c2cnn1-c1cc(O)cc(Cl)c1C(F)(F)F. The van der Waals surface area contributed by atoms with Crippen LogP contribution < -0.4 is 20.5 Å². The first kappa shape index (κ1) is 26.7. The van der Waals surface area contributed by atoms with E-state index in [-0.39, 0.29) is 29.1 Å². The molecule has 218 valence electrons. The summed E-state index contributed by atoms with van der Waals surface area (Å²) in [6.45, 7) is 3.71. The highest BCUT2D eigenvalue weighted by molar-refractivity contribution is 6.31. The molecule has 10 nitrogen and oxygen atoms in total. The summed E-state index contributed by atoms with van der Waals surface area (Å²) in [5.74, 6) is -0.0650. The second-order valence-electron chi connectivity index (χ2n) is 11.5. The van der Waals surface area contributed by atoms with Gasteiger partial charge in [0.05, 0.1) is 27.8 Å². The van der Waals surface area contributed by atoms with E-state index < -0.39 is 33.8 Å². The van der Waals surface area contributed by atoms with Crippen LogP contribution in [-0.2, 0) is 6.18 Å². The Bertz CT molecular complexity index is 1560. The lowest BCUT2D eigenvalue weighted by Gasteiger charge is -2.34. The molecule has 0 radical (unpaired) electrons. The Labute approximate surface area is 238 Å². The number of phenols is 1. The molecule has 2 N–H and O–H groups in total. The maximum absolute atomic E-state index is 14.0. The van der Waals surface area contributed by atoms with Crippen LogP contribution >= 0.6 is 11.6 Å². The number of aromatic nitrogens is 4. The normalized spacial score (nSPS) is 23.9. The van der Waals surface area contributed by atoms with Gasteiger partial charge in [-0.15, -0.1) is 0 Å². The number of rotatable bonds is 5. The van der Waals surface area contributed by atoms with Crippen LogP contribution in [0.4, 0.5) is 19.0 Å². The number of anilines is 1. The number of hydrogen-bond donors (Lipinski definition) is 2. The minimum absolute atomic E-state index is 0.00587. The highest BCUT2D eigenvalue weighted by Crippen LogP contribution is 2.41. The Morgan fingerprint density at radius 1 is 1.12 bits per heavy atom. The molecule has 0 spiro atoms. The number of aromatic hydroxyl groups is 1. The average molecular weight is 592 g/mol. The summed E-state index contributed by atoms with van der Waals surface area (Å²) in [5, 5.41) is 17.3. The Hall–Kier alpha value is -3.16. The van der Waals surface area contributed by atoms with Crippen molar-refractivity contribution >= 4 is 28.3 Å². The predicted molar refractivity (Wildman–Crippen MR) is 145 cm³/mol. The number of ether oxygens (including phenoxy) is 1. The van der Waals surface area contributed by atoms with Gasteiger partial charge in [-0.3, -0.25) is 9.69 Å². The third-order valence-corrected chi connectivity index (χ3v) is 9.26. The highest BCUT2D eigenvalue weighted by Gasteiger charge is 2.45. The smallest absolute Gasteiger partial charge is 0.419 e. The maximum atomic E-state index is 14.0. The van der Waals surface area contributed by atoms with E-state index in [1.807, 2.05) is 0 Å². The summed E-state index contributed by atoms with van der Waals surface area (Å²) in [7, 11) is 0. The lowest BCUT2D eigenvalue weighted by atomic mass is 9.95. The maximum Gasteiger partial charge on any atom is 0.419 e. The highest BCUT2D eigenvalue weighted by atomic mass is 35.5. The lowest BCUT2D eigenvalue weighted by Crippen LogP contribution is -2.51. The first-order valence-electron chi connectivity index (χ1n) is 13.9. The number of nitrogens with zero attached hydrogens (tertiary/aromatic N) is 6. The quantitative estimate of drug-likeness (QED) is 0.461. The zero-order valence-corrected chi connectivity index (χ0v) is 22.9. The van der Waals surface area contributed by atoms with Gasteiger partial charge in [0, 0.05) is 31.2 Å². The molecule has 6 heterocycles. The van der Waals surface area contributed by atoms with E-state index in [1.165, 1.54) is 6.20 Å². The molecule has 1 aromatic carbocycles. The molecule has 4 saturated heterocycles. The van der Waals surface area contributed by atoms with Crippen LogP contribution in [0.15, 0.2) is 23.1 Å². The first-order valence-corrected chi connectivity index (χ1v) is 14.3. The molecule has 7 rings (SSSR count). The van der Waals surface area contributed by atoms with E-state index in [0.29, 0.717) is 35.6 Å². The van der Waals surface area contributed by atoms with Crippen molar-refractivity contribution in [3.8, 4) is 17.4 Å². The summed E-state index contributed by atoms with van der Waals surface area (Å²) in [6.07, 6.45) is 2.61. The van der Waals surface area contributed by atoms with Gasteiger partial charge in [-0.25, -0.2) is 0 Å². The fourth-order valence-corrected chi connectivity index (χ4v) is 7.44. The number of piperazine rings is 1. The van der Waals surface area contributed by atoms with Gasteiger partial charge in [0.1, 0.15) is 29.3 Å². The molecule has 0 unspecified atom stereocenters. The largest absolute Gasteiger partial charge is 0.508 e. The molecule has 0 aliphatic carbocycles. The van der Waals surface area contributed by atoms with Crippen LogP contribution in [0.25, 0.3) is 16.6 Å². The second-order valence-corrected chi connectivity index (χ2v) is 11.9. The van der Waals surface area contributed by atoms with Crippen molar-refractivity contribution in [1.29, 1.82) is 0 Å². The van der Waals surface area contributed by atoms with Gasteiger partial charge >= 0.3 is 12.2 Å². The number of hydrogen-bond acceptors (Lipinski definition) is 9. The van der Waals surface area contributed by atoms with E-state index in [4.69, 9.17) is 21.3 Å². The van der Waals surface area contributed by atoms with Crippen LogP contribution in [0.5, 0.6) is 11.8 Å². The molecular weight excluding hydrogens is 563 g/mol. The Morgan fingerprint density at radius 3 is 2.51 bits per heavy atom. The van der Waals surface area contributed by atoms with E-state index in [2.05, 4.69) is 25.2 Å². The second kappa shape index (κ2) is 9.70. The molecule has 4 fully saturated rings. The van der Waals surface area contributed by atoms with Crippen LogP contribution in [0.1, 0.15) is 44.1 Å². The van der Waals surface area contributed by atoms with E-state index in [0.717, 1.165) is 63.7 Å². The molecular formula is C27H29ClF3N7O3. The number of halogens is 4. The fraction of sp³-hybridized carbons (Fsp3) is 0.556. The number of fused-ring (bicyclic) bond motifs is 4. The summed E-state index contributed by atoms with van der Waals surface area (Å²) in [5.41, 5.74) is -3.08. The minimum atomic E-state index is -4.91. The van der Waals surface area contributed by atoms with Gasteiger partial charge in [-0.05, 0) is 57.7 Å². The van der Waals surface area contributed by atoms with Crippen molar-refractivity contribution < 1.29 is 23.0 Å². The molecule has 41 heavy (non-hydrogen) atoms. The summed E-state index contributed by atoms with van der Waals surface area (Å²) in [4.78, 5) is 27.5. The zero-order valence-electron chi connectivity index (χ0n) is 22.1. The van der Waals surface area contributed by atoms with Crippen molar-refractivity contribution in [3.63, 3.8) is 0 Å². The van der Waals surface area contributed by atoms with Gasteiger partial charge in [-0.2, -0.15) is 32.9 Å². The minimum Gasteiger partial charge on any atom is -0.508 e. The van der Waals surface area contributed by atoms with Gasteiger partial charge < -0.3 is 20.1 Å². The number of benzene rings is 1. The van der Waals surface area contributed by atoms with Crippen molar-refractivity contribution in [2.24, 2.45) is 0 Å². The molecule has 0 saturated carbocycles. The Morgan fingerprint density at radius 2 is 1.83 bits per heavy atom. The third-order valence-electron chi connectivity index (χ3n) is 8.97. The molecule has 3 aromatic rings. The van der Waals surface area contributed by atoms with Gasteiger partial charge in [0.25, 0.3) is 5.56 Å². The van der Waals surface area contributed by atoms with Gasteiger partial charge in [0.15, 0.2) is 0 Å². The van der Waals surface area contributed by atoms with Gasteiger partial charge in [0.2, 0.25) is 0 Å². The van der Waals surface area contributed by atoms with Crippen LogP contribution in [-0.4, -0.2) is 80.2 Å². The van der Waals surface area contributed by atoms with Crippen LogP contribution in [0.3, 0.4) is 0 Å². The monoisotopic (exact) mass is 591 g/mol. The average Bonchev–Trinajstić information content (AvgIpc) is 3.59. The summed E-state index contributed by atoms with van der Waals surface area (Å²) in [6, 6.07) is 2.14. The van der Waals surface area contributed by atoms with Crippen molar-refractivity contribution in [1.82, 2.24) is 30.0 Å². The zero-order chi connectivity index (χ0) is 28.5. The van der Waals surface area contributed by atoms with Crippen LogP contribution in [0, 0.1) is 0 Å². The number of alkyl halides is 3. The third kappa shape index (κ3) is 4.58. The number of nitrogens with one attached hydrogen (secondary N) is 1. The van der Waals surface area contributed by atoms with Crippen molar-refractivity contribution in [3.05, 3.63) is 39.3 Å². The van der Waals surface area contributed by atoms with Crippen molar-refractivity contribution in [2.75, 3.05) is 37.7 Å². The Balaban J connectivity index is 1.36. The van der Waals surface area contributed by atoms with E-state index in [9.17, 15) is 23.1 Å². The van der Waals surface area contributed by atoms with Crippen molar-refractivity contribution in [2.45, 2.75) is 62.3 Å². The van der Waals surface area contributed by atoms with E-state index >= 15 is 0 Å². The topological polar surface area (TPSA) is 109 Å². The molecule has 0 amide bonds. The fourth-order valence-electron chi connectivity index (χ4n) is 7.12.